The van der Waals surface area contributed by atoms with Gasteiger partial charge < -0.3 is 14.7 Å². The number of aromatic nitrogens is 1. The molecule has 1 aliphatic heterocycles. The molecule has 2 aromatic carbocycles. The summed E-state index contributed by atoms with van der Waals surface area (Å²) in [5.41, 5.74) is 4.94. The molecule has 1 fully saturated rings. The summed E-state index contributed by atoms with van der Waals surface area (Å²) in [4.78, 5) is 15.0. The van der Waals surface area contributed by atoms with E-state index in [9.17, 15) is 15.1 Å². The predicted octanol–water partition coefficient (Wildman–Crippen LogP) is 5.07. The summed E-state index contributed by atoms with van der Waals surface area (Å²) in [6.07, 6.45) is 1.52. The molecular weight excluding hydrogens is 428 g/mol. The normalized spacial score (nSPS) is 19.1. The van der Waals surface area contributed by atoms with Crippen LogP contribution in [0.5, 0.6) is 0 Å². The molecule has 1 amide bonds. The molecule has 0 bridgehead atoms. The molecule has 2 atom stereocenters. The van der Waals surface area contributed by atoms with E-state index in [1.54, 1.807) is 4.90 Å². The van der Waals surface area contributed by atoms with Crippen molar-refractivity contribution >= 4 is 6.09 Å². The van der Waals surface area contributed by atoms with Gasteiger partial charge in [0.15, 0.2) is 0 Å². The first kappa shape index (κ1) is 23.8. The van der Waals surface area contributed by atoms with E-state index >= 15 is 0 Å². The zero-order valence-corrected chi connectivity index (χ0v) is 20.1. The van der Waals surface area contributed by atoms with Gasteiger partial charge in [0.25, 0.3) is 0 Å². The van der Waals surface area contributed by atoms with Crippen molar-refractivity contribution in [1.82, 2.24) is 4.90 Å². The monoisotopic (exact) mass is 461 g/mol. The third kappa shape index (κ3) is 4.64. The van der Waals surface area contributed by atoms with Crippen molar-refractivity contribution in [1.29, 1.82) is 0 Å². The number of amides is 1. The van der Waals surface area contributed by atoms with Crippen molar-refractivity contribution in [3.63, 3.8) is 0 Å². The Morgan fingerprint density at radius 1 is 1.03 bits per heavy atom. The van der Waals surface area contributed by atoms with Crippen LogP contribution < -0.4 is 4.73 Å². The van der Waals surface area contributed by atoms with Crippen molar-refractivity contribution in [2.45, 2.75) is 51.7 Å². The van der Waals surface area contributed by atoms with E-state index in [2.05, 4.69) is 0 Å². The number of aryl methyl sites for hydroxylation is 2. The zero-order chi connectivity index (χ0) is 24.3. The van der Waals surface area contributed by atoms with E-state index in [4.69, 9.17) is 4.74 Å². The predicted molar refractivity (Wildman–Crippen MR) is 129 cm³/mol. The minimum Gasteiger partial charge on any atom is -0.438 e. The number of aliphatic hydroxyl groups excluding tert-OH is 1. The number of hydrogen-bond acceptors (Lipinski definition) is 4. The summed E-state index contributed by atoms with van der Waals surface area (Å²) in [5.74, 6) is 0. The van der Waals surface area contributed by atoms with Crippen LogP contribution in [0.15, 0.2) is 66.7 Å². The van der Waals surface area contributed by atoms with Crippen molar-refractivity contribution in [3.05, 3.63) is 89.2 Å². The van der Waals surface area contributed by atoms with Crippen LogP contribution in [0.1, 0.15) is 54.7 Å². The van der Waals surface area contributed by atoms with Gasteiger partial charge in [-0.1, -0.05) is 54.6 Å². The van der Waals surface area contributed by atoms with Gasteiger partial charge in [-0.3, -0.25) is 5.21 Å². The Morgan fingerprint density at radius 2 is 1.68 bits per heavy atom. The Labute approximate surface area is 201 Å². The third-order valence-electron chi connectivity index (χ3n) is 6.90. The lowest BCUT2D eigenvalue weighted by molar-refractivity contribution is -0.912. The maximum Gasteiger partial charge on any atom is 0.411 e. The summed E-state index contributed by atoms with van der Waals surface area (Å²) in [6, 6.07) is 21.8. The number of rotatable bonds is 7. The Bertz CT molecular complexity index is 1120. The van der Waals surface area contributed by atoms with Gasteiger partial charge in [0, 0.05) is 50.3 Å². The molecule has 1 aromatic heterocycles. The lowest BCUT2D eigenvalue weighted by Crippen LogP contribution is -2.48. The molecule has 2 heterocycles. The minimum atomic E-state index is -0.701. The Morgan fingerprint density at radius 3 is 2.26 bits per heavy atom. The summed E-state index contributed by atoms with van der Waals surface area (Å²) < 4.78 is 7.28. The van der Waals surface area contributed by atoms with Gasteiger partial charge >= 0.3 is 6.09 Å². The van der Waals surface area contributed by atoms with Crippen LogP contribution in [0.4, 0.5) is 4.79 Å². The largest absolute Gasteiger partial charge is 0.438 e. The van der Waals surface area contributed by atoms with Crippen LogP contribution in [0, 0.1) is 13.8 Å². The molecule has 3 aromatic rings. The Hall–Kier alpha value is -3.38. The molecule has 1 saturated heterocycles. The second-order valence-electron chi connectivity index (χ2n) is 9.14. The van der Waals surface area contributed by atoms with E-state index in [1.807, 2.05) is 87.5 Å². The van der Waals surface area contributed by atoms with Gasteiger partial charge in [0.1, 0.15) is 5.60 Å². The fraction of sp³-hybridized carbons (Fsp3) is 0.357. The first-order valence-electron chi connectivity index (χ1n) is 11.8. The highest BCUT2D eigenvalue weighted by Gasteiger charge is 2.43. The van der Waals surface area contributed by atoms with Gasteiger partial charge in [0.05, 0.1) is 6.04 Å². The van der Waals surface area contributed by atoms with Crippen LogP contribution in [-0.2, 0) is 10.3 Å². The fourth-order valence-electron chi connectivity index (χ4n) is 4.84. The molecule has 34 heavy (non-hydrogen) atoms. The third-order valence-corrected chi connectivity index (χ3v) is 6.90. The molecule has 178 valence electrons. The first-order valence-corrected chi connectivity index (χ1v) is 11.8. The van der Waals surface area contributed by atoms with Crippen molar-refractivity contribution in [3.8, 4) is 11.1 Å². The van der Waals surface area contributed by atoms with Crippen LogP contribution in [0.3, 0.4) is 0 Å². The summed E-state index contributed by atoms with van der Waals surface area (Å²) in [6.45, 7) is 6.40. The molecule has 0 saturated carbocycles. The lowest BCUT2D eigenvalue weighted by Gasteiger charge is -2.43. The number of hydrogen-bond donors (Lipinski definition) is 2. The van der Waals surface area contributed by atoms with Crippen molar-refractivity contribution in [2.75, 3.05) is 13.2 Å². The second kappa shape index (κ2) is 9.85. The molecule has 0 unspecified atom stereocenters. The Balaban J connectivity index is 1.52. The molecular formula is C28H33N2O4+. The lowest BCUT2D eigenvalue weighted by atomic mass is 9.84. The van der Waals surface area contributed by atoms with E-state index < -0.39 is 5.60 Å². The van der Waals surface area contributed by atoms with Crippen LogP contribution in [-0.4, -0.2) is 34.5 Å². The average Bonchev–Trinajstić information content (AvgIpc) is 2.86. The van der Waals surface area contributed by atoms with Gasteiger partial charge in [0.2, 0.25) is 11.4 Å². The van der Waals surface area contributed by atoms with E-state index in [1.165, 1.54) is 4.73 Å². The maximum atomic E-state index is 13.2. The van der Waals surface area contributed by atoms with Crippen molar-refractivity contribution < 1.29 is 24.6 Å². The van der Waals surface area contributed by atoms with Crippen LogP contribution in [0.2, 0.25) is 0 Å². The molecule has 1 aliphatic rings. The van der Waals surface area contributed by atoms with Crippen LogP contribution in [0.25, 0.3) is 11.1 Å². The average molecular weight is 462 g/mol. The smallest absolute Gasteiger partial charge is 0.411 e. The zero-order valence-electron chi connectivity index (χ0n) is 20.1. The number of carbonyl (C=O) groups excluding carboxylic acids is 1. The number of carbonyl (C=O) groups is 1. The highest BCUT2D eigenvalue weighted by atomic mass is 16.6. The molecule has 0 spiro atoms. The van der Waals surface area contributed by atoms with Gasteiger partial charge in [-0.2, -0.15) is 0 Å². The molecule has 0 radical (unpaired) electrons. The first-order chi connectivity index (χ1) is 16.3. The number of ether oxygens (including phenoxy) is 1. The maximum absolute atomic E-state index is 13.2. The summed E-state index contributed by atoms with van der Waals surface area (Å²) in [5, 5.41) is 19.4. The highest BCUT2D eigenvalue weighted by molar-refractivity contribution is 5.70. The van der Waals surface area contributed by atoms with E-state index in [0.717, 1.165) is 33.6 Å². The highest BCUT2D eigenvalue weighted by Crippen LogP contribution is 2.40. The molecule has 0 aliphatic carbocycles. The topological polar surface area (TPSA) is 73.9 Å². The minimum absolute atomic E-state index is 0.0668. The molecule has 4 rings (SSSR count). The number of aliphatic hydroxyl groups is 1. The number of benzene rings is 2. The number of nitrogens with zero attached hydrogens (tertiary/aromatic N) is 2. The quantitative estimate of drug-likeness (QED) is 0.381. The van der Waals surface area contributed by atoms with E-state index in [-0.39, 0.29) is 18.7 Å². The molecule has 6 nitrogen and oxygen atoms in total. The molecule has 6 heteroatoms. The summed E-state index contributed by atoms with van der Waals surface area (Å²) >= 11 is 0. The summed E-state index contributed by atoms with van der Waals surface area (Å²) in [7, 11) is 0. The van der Waals surface area contributed by atoms with E-state index in [0.29, 0.717) is 25.8 Å². The van der Waals surface area contributed by atoms with Gasteiger partial charge in [-0.05, 0) is 42.0 Å². The van der Waals surface area contributed by atoms with Gasteiger partial charge in [-0.15, -0.1) is 0 Å². The molecule has 2 N–H and O–H groups in total. The van der Waals surface area contributed by atoms with Crippen molar-refractivity contribution in [2.24, 2.45) is 0 Å². The fourth-order valence-corrected chi connectivity index (χ4v) is 4.84. The Kier molecular flexibility index (Phi) is 6.89. The number of pyridine rings is 1. The SMILES string of the molecule is Cc1cc(-c2ccc([C@H](C)N3CC[C@](CCCO)(c4ccccc4)OC3=O)cc2)cc(C)[n+]1O. The van der Waals surface area contributed by atoms with Gasteiger partial charge in [-0.25, -0.2) is 4.79 Å². The van der Waals surface area contributed by atoms with Crippen LogP contribution >= 0.6 is 0 Å². The second-order valence-corrected chi connectivity index (χ2v) is 9.14. The number of cyclic esters (lactones) is 1. The standard InChI is InChI=1S/C28H33N2O4/c1-20-18-25(19-21(2)30(20)33)24-12-10-23(11-13-24)22(3)29-16-15-28(14-7-17-31,34-27(29)32)26-8-5-4-6-9-26/h4-6,8-13,18-19,22,31,33H,7,14-17H2,1-3H3/q+1/t22-,28+/m0/s1.